The third-order valence-electron chi connectivity index (χ3n) is 2.83. The van der Waals surface area contributed by atoms with Crippen molar-refractivity contribution in [2.45, 2.75) is 77.7 Å². The van der Waals surface area contributed by atoms with Gasteiger partial charge in [0.25, 0.3) is 0 Å². The van der Waals surface area contributed by atoms with Crippen LogP contribution in [0.5, 0.6) is 0 Å². The molecule has 0 saturated heterocycles. The minimum Gasteiger partial charge on any atom is -0.466 e. The molecule has 3 heteroatoms. The van der Waals surface area contributed by atoms with Crippen LogP contribution in [0.25, 0.3) is 0 Å². The molecule has 0 rings (SSSR count). The lowest BCUT2D eigenvalue weighted by atomic mass is 10.1. The molecule has 0 aliphatic rings. The first-order valence-corrected chi connectivity index (χ1v) is 7.50. The van der Waals surface area contributed by atoms with Crippen molar-refractivity contribution in [3.05, 3.63) is 0 Å². The predicted molar refractivity (Wildman–Crippen MR) is 77.6 cm³/mol. The smallest absolute Gasteiger partial charge is 0.308 e. The lowest BCUT2D eigenvalue weighted by Crippen LogP contribution is -2.15. The van der Waals surface area contributed by atoms with Crippen LogP contribution in [-0.4, -0.2) is 23.8 Å². The number of hydrogen-bond donors (Lipinski definition) is 1. The second-order valence-corrected chi connectivity index (χ2v) is 4.72. The molecule has 0 fully saturated rings. The monoisotopic (exact) mass is 268 g/mol. The first-order valence-electron chi connectivity index (χ1n) is 7.50. The van der Waals surface area contributed by atoms with Gasteiger partial charge in [-0.05, 0) is 26.2 Å². The lowest BCUT2D eigenvalue weighted by molar-refractivity contribution is -0.145. The van der Waals surface area contributed by atoms with E-state index in [2.05, 4.69) is 18.8 Å². The van der Waals surface area contributed by atoms with Gasteiger partial charge in [-0.25, -0.2) is 0 Å². The number of rotatable bonds is 10. The van der Waals surface area contributed by atoms with E-state index in [1.807, 2.05) is 0 Å². The maximum absolute atomic E-state index is 11.1. The molecule has 0 aromatic heterocycles. The van der Waals surface area contributed by atoms with E-state index in [4.69, 9.17) is 4.74 Å². The molecule has 0 aromatic carbocycles. The van der Waals surface area contributed by atoms with E-state index in [1.165, 1.54) is 25.7 Å². The molecule has 0 saturated carbocycles. The Kier molecular flexibility index (Phi) is 12.7. The maximum Gasteiger partial charge on any atom is 0.308 e. The van der Waals surface area contributed by atoms with Crippen LogP contribution < -0.4 is 0 Å². The van der Waals surface area contributed by atoms with E-state index in [9.17, 15) is 9.90 Å². The van der Waals surface area contributed by atoms with Crippen molar-refractivity contribution in [1.82, 2.24) is 0 Å². The van der Waals surface area contributed by atoms with Crippen LogP contribution in [0, 0.1) is 11.8 Å². The summed E-state index contributed by atoms with van der Waals surface area (Å²) in [6.45, 7) is 4.34. The molecule has 1 N–H and O–H groups in total. The number of esters is 1. The first-order chi connectivity index (χ1) is 9.20. The largest absolute Gasteiger partial charge is 0.466 e. The van der Waals surface area contributed by atoms with Gasteiger partial charge in [0.15, 0.2) is 0 Å². The topological polar surface area (TPSA) is 46.5 Å². The standard InChI is InChI=1S/C16H28O3/c1-3-5-6-7-8-9-10-11-12-13-15(17)14-16(18)19-4-2/h15,17H,3-8,11-14H2,1-2H3/t15-/m1/s1. The minimum absolute atomic E-state index is 0.0955. The minimum atomic E-state index is -0.592. The third-order valence-corrected chi connectivity index (χ3v) is 2.83. The van der Waals surface area contributed by atoms with Crippen molar-refractivity contribution in [2.24, 2.45) is 0 Å². The van der Waals surface area contributed by atoms with Gasteiger partial charge in [0.1, 0.15) is 0 Å². The summed E-state index contributed by atoms with van der Waals surface area (Å²) in [7, 11) is 0. The van der Waals surface area contributed by atoms with Crippen molar-refractivity contribution in [3.63, 3.8) is 0 Å². The van der Waals surface area contributed by atoms with Gasteiger partial charge in [-0.3, -0.25) is 4.79 Å². The Hall–Kier alpha value is -1.01. The molecular weight excluding hydrogens is 240 g/mol. The van der Waals surface area contributed by atoms with E-state index in [0.29, 0.717) is 13.0 Å². The highest BCUT2D eigenvalue weighted by Gasteiger charge is 2.10. The van der Waals surface area contributed by atoms with Crippen molar-refractivity contribution >= 4 is 5.97 Å². The van der Waals surface area contributed by atoms with Gasteiger partial charge in [0.2, 0.25) is 0 Å². The summed E-state index contributed by atoms with van der Waals surface area (Å²) in [6, 6.07) is 0. The van der Waals surface area contributed by atoms with E-state index >= 15 is 0 Å². The zero-order valence-electron chi connectivity index (χ0n) is 12.4. The number of unbranched alkanes of at least 4 members (excludes halogenated alkanes) is 5. The highest BCUT2D eigenvalue weighted by molar-refractivity contribution is 5.69. The molecule has 110 valence electrons. The first kappa shape index (κ1) is 18.0. The zero-order valence-corrected chi connectivity index (χ0v) is 12.4. The molecule has 0 amide bonds. The van der Waals surface area contributed by atoms with Crippen molar-refractivity contribution in [2.75, 3.05) is 6.61 Å². The molecule has 0 aliphatic carbocycles. The number of hydrogen-bond acceptors (Lipinski definition) is 3. The molecule has 1 atom stereocenters. The molecule has 0 aliphatic heterocycles. The SMILES string of the molecule is CCCCCCC#CCCC[C@@H](O)CC(=O)OCC. The molecule has 0 radical (unpaired) electrons. The Balaban J connectivity index is 3.42. The highest BCUT2D eigenvalue weighted by Crippen LogP contribution is 2.05. The van der Waals surface area contributed by atoms with Crippen molar-refractivity contribution < 1.29 is 14.6 Å². The van der Waals surface area contributed by atoms with Crippen LogP contribution in [0.3, 0.4) is 0 Å². The van der Waals surface area contributed by atoms with Gasteiger partial charge in [0, 0.05) is 12.8 Å². The van der Waals surface area contributed by atoms with Gasteiger partial charge in [0.05, 0.1) is 19.1 Å². The number of aliphatic hydroxyl groups excluding tert-OH is 1. The average Bonchev–Trinajstić information content (AvgIpc) is 2.37. The van der Waals surface area contributed by atoms with Gasteiger partial charge in [-0.2, -0.15) is 0 Å². The Labute approximate surface area is 117 Å². The number of aliphatic hydroxyl groups is 1. The summed E-state index contributed by atoms with van der Waals surface area (Å²) in [5.74, 6) is 5.95. The Bertz CT molecular complexity index is 275. The number of carbonyl (C=O) groups is 1. The summed E-state index contributed by atoms with van der Waals surface area (Å²) in [4.78, 5) is 11.1. The zero-order chi connectivity index (χ0) is 14.3. The molecule has 0 heterocycles. The summed E-state index contributed by atoms with van der Waals surface area (Å²) < 4.78 is 4.78. The third kappa shape index (κ3) is 13.2. The van der Waals surface area contributed by atoms with Crippen molar-refractivity contribution in [3.8, 4) is 11.8 Å². The lowest BCUT2D eigenvalue weighted by Gasteiger charge is -2.08. The fourth-order valence-corrected chi connectivity index (χ4v) is 1.76. The van der Waals surface area contributed by atoms with Gasteiger partial charge >= 0.3 is 5.97 Å². The molecule has 3 nitrogen and oxygen atoms in total. The quantitative estimate of drug-likeness (QED) is 0.375. The van der Waals surface area contributed by atoms with E-state index in [0.717, 1.165) is 19.3 Å². The van der Waals surface area contributed by atoms with Gasteiger partial charge < -0.3 is 9.84 Å². The molecule has 0 bridgehead atoms. The fourth-order valence-electron chi connectivity index (χ4n) is 1.76. The number of carbonyl (C=O) groups excluding carboxylic acids is 1. The van der Waals surface area contributed by atoms with Crippen molar-refractivity contribution in [1.29, 1.82) is 0 Å². The van der Waals surface area contributed by atoms with E-state index in [1.54, 1.807) is 6.92 Å². The molecule has 0 aromatic rings. The van der Waals surface area contributed by atoms with Crippen LogP contribution in [0.2, 0.25) is 0 Å². The second kappa shape index (κ2) is 13.4. The van der Waals surface area contributed by atoms with Crippen LogP contribution in [0.1, 0.15) is 71.6 Å². The maximum atomic E-state index is 11.1. The predicted octanol–water partition coefficient (Wildman–Crippen LogP) is 3.44. The summed E-state index contributed by atoms with van der Waals surface area (Å²) in [5.41, 5.74) is 0. The molecule has 19 heavy (non-hydrogen) atoms. The summed E-state index contributed by atoms with van der Waals surface area (Å²) in [5, 5.41) is 9.60. The normalized spacial score (nSPS) is 11.5. The Morgan fingerprint density at radius 3 is 2.42 bits per heavy atom. The van der Waals surface area contributed by atoms with Gasteiger partial charge in [-0.1, -0.05) is 26.2 Å². The summed E-state index contributed by atoms with van der Waals surface area (Å²) in [6.07, 6.45) is 7.73. The van der Waals surface area contributed by atoms with Crippen LogP contribution >= 0.6 is 0 Å². The number of ether oxygens (including phenoxy) is 1. The average molecular weight is 268 g/mol. The molecular formula is C16H28O3. The van der Waals surface area contributed by atoms with Crippen LogP contribution in [0.4, 0.5) is 0 Å². The van der Waals surface area contributed by atoms with E-state index < -0.39 is 6.10 Å². The molecule has 0 spiro atoms. The molecule has 0 unspecified atom stereocenters. The Morgan fingerprint density at radius 2 is 1.79 bits per heavy atom. The second-order valence-electron chi connectivity index (χ2n) is 4.72. The summed E-state index contributed by atoms with van der Waals surface area (Å²) >= 11 is 0. The van der Waals surface area contributed by atoms with Crippen LogP contribution in [-0.2, 0) is 9.53 Å². The van der Waals surface area contributed by atoms with Gasteiger partial charge in [-0.15, -0.1) is 11.8 Å². The Morgan fingerprint density at radius 1 is 1.11 bits per heavy atom. The van der Waals surface area contributed by atoms with E-state index in [-0.39, 0.29) is 12.4 Å². The fraction of sp³-hybridized carbons (Fsp3) is 0.812. The highest BCUT2D eigenvalue weighted by atomic mass is 16.5. The van der Waals surface area contributed by atoms with Crippen LogP contribution in [0.15, 0.2) is 0 Å².